The Hall–Kier alpha value is -3.87. The van der Waals surface area contributed by atoms with E-state index in [1.54, 1.807) is 30.5 Å². The standard InChI is InChI=1S/C22H18N6.ClH/c1-15-12-18(4-3-10-23)13-16(2)21(15)27-20-9-11-25-22(28-20)26-19-7-5-17(14-24)6-8-19;/h3-9,11-13H,1-2H3,(H2,25,26,27,28);1H. The van der Waals surface area contributed by atoms with E-state index in [-0.39, 0.29) is 12.4 Å². The van der Waals surface area contributed by atoms with Crippen LogP contribution in [0.3, 0.4) is 0 Å². The van der Waals surface area contributed by atoms with Crippen LogP contribution in [0.2, 0.25) is 0 Å². The maximum Gasteiger partial charge on any atom is 0.229 e. The number of nitrogens with zero attached hydrogens (tertiary/aromatic N) is 4. The fraction of sp³-hybridized carbons (Fsp3) is 0.0909. The minimum atomic E-state index is 0. The molecule has 0 fully saturated rings. The zero-order valence-electron chi connectivity index (χ0n) is 16.0. The van der Waals surface area contributed by atoms with E-state index in [1.807, 2.05) is 44.2 Å². The molecular formula is C22H19ClN6. The first kappa shape index (κ1) is 21.4. The van der Waals surface area contributed by atoms with Crippen LogP contribution >= 0.6 is 12.4 Å². The van der Waals surface area contributed by atoms with Crippen LogP contribution < -0.4 is 10.6 Å². The highest BCUT2D eigenvalue weighted by Gasteiger charge is 2.07. The number of benzene rings is 2. The summed E-state index contributed by atoms with van der Waals surface area (Å²) < 4.78 is 0. The Bertz CT molecular complexity index is 1080. The van der Waals surface area contributed by atoms with Crippen molar-refractivity contribution in [3.63, 3.8) is 0 Å². The molecule has 0 atom stereocenters. The maximum absolute atomic E-state index is 8.88. The third-order valence-electron chi connectivity index (χ3n) is 4.08. The van der Waals surface area contributed by atoms with Crippen molar-refractivity contribution in [3.8, 4) is 12.1 Å². The van der Waals surface area contributed by atoms with Crippen LogP contribution in [0.25, 0.3) is 6.08 Å². The molecule has 3 rings (SSSR count). The molecule has 0 aliphatic rings. The average molecular weight is 403 g/mol. The van der Waals surface area contributed by atoms with Crippen LogP contribution in [0.5, 0.6) is 0 Å². The third-order valence-corrected chi connectivity index (χ3v) is 4.08. The number of rotatable bonds is 5. The molecule has 0 spiro atoms. The van der Waals surface area contributed by atoms with Gasteiger partial charge in [-0.3, -0.25) is 0 Å². The molecule has 0 amide bonds. The zero-order chi connectivity index (χ0) is 19.9. The Labute approximate surface area is 176 Å². The van der Waals surface area contributed by atoms with Crippen LogP contribution in [-0.2, 0) is 0 Å². The second-order valence-electron chi connectivity index (χ2n) is 6.20. The number of nitrogens with one attached hydrogen (secondary N) is 2. The van der Waals surface area contributed by atoms with Crippen molar-refractivity contribution < 1.29 is 0 Å². The molecule has 0 aliphatic carbocycles. The Kier molecular flexibility index (Phi) is 7.31. The van der Waals surface area contributed by atoms with E-state index in [9.17, 15) is 0 Å². The van der Waals surface area contributed by atoms with Gasteiger partial charge >= 0.3 is 0 Å². The van der Waals surface area contributed by atoms with E-state index in [0.717, 1.165) is 28.1 Å². The Morgan fingerprint density at radius 1 is 0.966 bits per heavy atom. The summed E-state index contributed by atoms with van der Waals surface area (Å²) in [4.78, 5) is 8.75. The summed E-state index contributed by atoms with van der Waals surface area (Å²) in [5, 5.41) is 24.0. The van der Waals surface area contributed by atoms with Gasteiger partial charge in [0.1, 0.15) is 5.82 Å². The number of halogens is 1. The van der Waals surface area contributed by atoms with Crippen molar-refractivity contribution in [2.45, 2.75) is 13.8 Å². The van der Waals surface area contributed by atoms with Crippen molar-refractivity contribution in [1.29, 1.82) is 10.5 Å². The first-order valence-electron chi connectivity index (χ1n) is 8.63. The Morgan fingerprint density at radius 3 is 2.28 bits per heavy atom. The lowest BCUT2D eigenvalue weighted by Crippen LogP contribution is -2.02. The largest absolute Gasteiger partial charge is 0.340 e. The highest BCUT2D eigenvalue weighted by Crippen LogP contribution is 2.26. The lowest BCUT2D eigenvalue weighted by Gasteiger charge is -2.14. The van der Waals surface area contributed by atoms with Crippen molar-refractivity contribution in [2.75, 3.05) is 10.6 Å². The SMILES string of the molecule is Cc1cc(C=CC#N)cc(C)c1Nc1ccnc(Nc2ccc(C#N)cc2)n1.Cl. The maximum atomic E-state index is 8.88. The molecule has 1 aromatic heterocycles. The number of nitriles is 2. The van der Waals surface area contributed by atoms with Crippen molar-refractivity contribution in [1.82, 2.24) is 9.97 Å². The minimum Gasteiger partial charge on any atom is -0.340 e. The Balaban J connectivity index is 0.00000300. The van der Waals surface area contributed by atoms with E-state index in [4.69, 9.17) is 10.5 Å². The van der Waals surface area contributed by atoms with Crippen molar-refractivity contribution in [2.24, 2.45) is 0 Å². The summed E-state index contributed by atoms with van der Waals surface area (Å²) in [5.41, 5.74) is 5.46. The molecule has 1 heterocycles. The smallest absolute Gasteiger partial charge is 0.229 e. The van der Waals surface area contributed by atoms with Crippen LogP contribution in [0.1, 0.15) is 22.3 Å². The van der Waals surface area contributed by atoms with Gasteiger partial charge in [-0.25, -0.2) is 4.98 Å². The molecule has 0 radical (unpaired) electrons. The summed E-state index contributed by atoms with van der Waals surface area (Å²) in [5.74, 6) is 1.12. The van der Waals surface area contributed by atoms with Crippen LogP contribution in [0.4, 0.5) is 23.1 Å². The van der Waals surface area contributed by atoms with E-state index >= 15 is 0 Å². The molecule has 6 nitrogen and oxygen atoms in total. The molecule has 0 saturated carbocycles. The summed E-state index contributed by atoms with van der Waals surface area (Å²) in [6.45, 7) is 4.02. The second-order valence-corrected chi connectivity index (χ2v) is 6.20. The molecule has 0 bridgehead atoms. The molecule has 3 aromatic rings. The number of aryl methyl sites for hydroxylation is 2. The monoisotopic (exact) mass is 402 g/mol. The molecule has 7 heteroatoms. The number of allylic oxidation sites excluding steroid dienone is 1. The first-order valence-corrected chi connectivity index (χ1v) is 8.63. The van der Waals surface area contributed by atoms with Crippen LogP contribution in [0, 0.1) is 36.5 Å². The molecule has 29 heavy (non-hydrogen) atoms. The lowest BCUT2D eigenvalue weighted by atomic mass is 10.0. The zero-order valence-corrected chi connectivity index (χ0v) is 16.8. The summed E-state index contributed by atoms with van der Waals surface area (Å²) >= 11 is 0. The number of aromatic nitrogens is 2. The summed E-state index contributed by atoms with van der Waals surface area (Å²) in [7, 11) is 0. The predicted molar refractivity (Wildman–Crippen MR) is 118 cm³/mol. The topological polar surface area (TPSA) is 97.4 Å². The van der Waals surface area contributed by atoms with Crippen LogP contribution in [-0.4, -0.2) is 9.97 Å². The Morgan fingerprint density at radius 2 is 1.66 bits per heavy atom. The van der Waals surface area contributed by atoms with Gasteiger partial charge in [-0.15, -0.1) is 12.4 Å². The molecule has 144 valence electrons. The lowest BCUT2D eigenvalue weighted by molar-refractivity contribution is 1.16. The second kappa shape index (κ2) is 9.89. The van der Waals surface area contributed by atoms with Crippen molar-refractivity contribution in [3.05, 3.63) is 77.0 Å². The van der Waals surface area contributed by atoms with Crippen molar-refractivity contribution >= 4 is 41.6 Å². The number of hydrogen-bond donors (Lipinski definition) is 2. The molecular weight excluding hydrogens is 384 g/mol. The molecule has 2 aromatic carbocycles. The van der Waals surface area contributed by atoms with E-state index in [1.165, 1.54) is 6.08 Å². The highest BCUT2D eigenvalue weighted by atomic mass is 35.5. The van der Waals surface area contributed by atoms with E-state index in [0.29, 0.717) is 17.3 Å². The molecule has 0 saturated heterocycles. The van der Waals surface area contributed by atoms with E-state index < -0.39 is 0 Å². The molecule has 2 N–H and O–H groups in total. The van der Waals surface area contributed by atoms with Gasteiger partial charge in [0.2, 0.25) is 5.95 Å². The summed E-state index contributed by atoms with van der Waals surface area (Å²) in [6, 6.07) is 17.0. The highest BCUT2D eigenvalue weighted by molar-refractivity contribution is 5.85. The van der Waals surface area contributed by atoms with Gasteiger partial charge in [0.05, 0.1) is 17.7 Å². The van der Waals surface area contributed by atoms with Gasteiger partial charge in [-0.05, 0) is 79.1 Å². The average Bonchev–Trinajstić information content (AvgIpc) is 2.70. The first-order chi connectivity index (χ1) is 13.6. The van der Waals surface area contributed by atoms with Gasteiger partial charge in [-0.1, -0.05) is 0 Å². The normalized spacial score (nSPS) is 9.93. The molecule has 0 unspecified atom stereocenters. The quantitative estimate of drug-likeness (QED) is 0.553. The van der Waals surface area contributed by atoms with Crippen LogP contribution in [0.15, 0.2) is 54.7 Å². The van der Waals surface area contributed by atoms with Gasteiger partial charge < -0.3 is 10.6 Å². The molecule has 0 aliphatic heterocycles. The van der Waals surface area contributed by atoms with Gasteiger partial charge in [0, 0.05) is 23.6 Å². The summed E-state index contributed by atoms with van der Waals surface area (Å²) in [6.07, 6.45) is 4.93. The van der Waals surface area contributed by atoms with Gasteiger partial charge in [0.15, 0.2) is 0 Å². The number of hydrogen-bond acceptors (Lipinski definition) is 6. The number of anilines is 4. The van der Waals surface area contributed by atoms with Gasteiger partial charge in [-0.2, -0.15) is 15.5 Å². The van der Waals surface area contributed by atoms with Gasteiger partial charge in [0.25, 0.3) is 0 Å². The predicted octanol–water partition coefficient (Wildman–Crippen LogP) is 5.41. The third kappa shape index (κ3) is 5.55. The van der Waals surface area contributed by atoms with E-state index in [2.05, 4.69) is 26.7 Å². The fourth-order valence-corrected chi connectivity index (χ4v) is 2.80. The fourth-order valence-electron chi connectivity index (χ4n) is 2.80. The minimum absolute atomic E-state index is 0.